The summed E-state index contributed by atoms with van der Waals surface area (Å²) in [4.78, 5) is 0. The van der Waals surface area contributed by atoms with Gasteiger partial charge in [-0.1, -0.05) is 55.4 Å². The lowest BCUT2D eigenvalue weighted by atomic mass is 9.30. The van der Waals surface area contributed by atoms with E-state index in [1.165, 1.54) is 57.8 Å². The zero-order valence-electron chi connectivity index (χ0n) is 22.4. The monoisotopic (exact) mass is 444 g/mol. The van der Waals surface area contributed by atoms with Crippen molar-refractivity contribution in [3.8, 4) is 0 Å². The largest absolute Gasteiger partial charge is 0.390 e. The molecule has 5 rings (SSSR count). The molecule has 11 atom stereocenters. The van der Waals surface area contributed by atoms with Crippen molar-refractivity contribution in [2.45, 2.75) is 132 Å². The third kappa shape index (κ3) is 2.78. The molecule has 0 bridgehead atoms. The molecule has 0 aromatic carbocycles. The summed E-state index contributed by atoms with van der Waals surface area (Å²) in [5.41, 5.74) is 2.27. The Bertz CT molecular complexity index is 775. The summed E-state index contributed by atoms with van der Waals surface area (Å²) in [7, 11) is 0. The minimum Gasteiger partial charge on any atom is -0.390 e. The van der Waals surface area contributed by atoms with Crippen molar-refractivity contribution in [2.75, 3.05) is 0 Å². The molecule has 32 heavy (non-hydrogen) atoms. The Kier molecular flexibility index (Phi) is 5.01. The Morgan fingerprint density at radius 3 is 1.91 bits per heavy atom. The Morgan fingerprint density at radius 1 is 0.625 bits per heavy atom. The summed E-state index contributed by atoms with van der Waals surface area (Å²) in [6, 6.07) is 0. The van der Waals surface area contributed by atoms with Gasteiger partial charge in [0, 0.05) is 0 Å². The van der Waals surface area contributed by atoms with E-state index in [9.17, 15) is 10.2 Å². The topological polar surface area (TPSA) is 40.5 Å². The van der Waals surface area contributed by atoms with Crippen LogP contribution in [0.25, 0.3) is 0 Å². The summed E-state index contributed by atoms with van der Waals surface area (Å²) >= 11 is 0. The average Bonchev–Trinajstić information content (AvgIpc) is 2.72. The number of hydrogen-bond acceptors (Lipinski definition) is 2. The van der Waals surface area contributed by atoms with Crippen LogP contribution >= 0.6 is 0 Å². The van der Waals surface area contributed by atoms with Crippen LogP contribution in [0.5, 0.6) is 0 Å². The zero-order valence-corrected chi connectivity index (χ0v) is 22.4. The van der Waals surface area contributed by atoms with E-state index < -0.39 is 12.2 Å². The second kappa shape index (κ2) is 6.77. The van der Waals surface area contributed by atoms with Gasteiger partial charge < -0.3 is 10.2 Å². The van der Waals surface area contributed by atoms with Crippen LogP contribution in [-0.2, 0) is 0 Å². The smallest absolute Gasteiger partial charge is 0.0829 e. The first kappa shape index (κ1) is 23.7. The molecule has 184 valence electrons. The Morgan fingerprint density at radius 2 is 1.22 bits per heavy atom. The maximum absolute atomic E-state index is 10.8. The highest BCUT2D eigenvalue weighted by atomic mass is 16.3. The number of aliphatic hydroxyl groups excluding tert-OH is 2. The van der Waals surface area contributed by atoms with E-state index in [2.05, 4.69) is 55.4 Å². The van der Waals surface area contributed by atoms with Gasteiger partial charge in [0.1, 0.15) is 0 Å². The second-order valence-electron chi connectivity index (χ2n) is 15.6. The minimum atomic E-state index is -0.555. The van der Waals surface area contributed by atoms with Gasteiger partial charge in [0.25, 0.3) is 0 Å². The highest BCUT2D eigenvalue weighted by Crippen LogP contribution is 2.78. The predicted molar refractivity (Wildman–Crippen MR) is 132 cm³/mol. The first-order valence-corrected chi connectivity index (χ1v) is 14.0. The number of rotatable bonds is 0. The third-order valence-corrected chi connectivity index (χ3v) is 14.0. The van der Waals surface area contributed by atoms with Crippen LogP contribution in [0.15, 0.2) is 0 Å². The third-order valence-electron chi connectivity index (χ3n) is 14.0. The van der Waals surface area contributed by atoms with Crippen molar-refractivity contribution in [1.29, 1.82) is 0 Å². The molecule has 2 nitrogen and oxygen atoms in total. The van der Waals surface area contributed by atoms with E-state index in [0.717, 1.165) is 18.3 Å². The van der Waals surface area contributed by atoms with Crippen LogP contribution in [0.3, 0.4) is 0 Å². The van der Waals surface area contributed by atoms with E-state index >= 15 is 0 Å². The lowest BCUT2D eigenvalue weighted by molar-refractivity contribution is -0.270. The van der Waals surface area contributed by atoms with Crippen LogP contribution in [0.4, 0.5) is 0 Å². The number of hydrogen-bond donors (Lipinski definition) is 2. The van der Waals surface area contributed by atoms with Gasteiger partial charge in [-0.3, -0.25) is 0 Å². The molecule has 0 unspecified atom stereocenters. The van der Waals surface area contributed by atoms with Crippen molar-refractivity contribution < 1.29 is 10.2 Å². The summed E-state index contributed by atoms with van der Waals surface area (Å²) in [5.74, 6) is 2.30. The molecular formula is C30H52O2. The fraction of sp³-hybridized carbons (Fsp3) is 1.00. The molecular weight excluding hydrogens is 392 g/mol. The molecule has 0 heterocycles. The van der Waals surface area contributed by atoms with Crippen LogP contribution in [0.2, 0.25) is 0 Å². The van der Waals surface area contributed by atoms with E-state index in [1.807, 2.05) is 0 Å². The summed E-state index contributed by atoms with van der Waals surface area (Å²) in [6.45, 7) is 20.4. The fourth-order valence-corrected chi connectivity index (χ4v) is 11.3. The molecule has 5 aliphatic carbocycles. The lowest BCUT2D eigenvalue weighted by Crippen LogP contribution is -2.68. The van der Waals surface area contributed by atoms with Gasteiger partial charge in [-0.2, -0.15) is 0 Å². The molecule has 0 aromatic rings. The van der Waals surface area contributed by atoms with Crippen LogP contribution in [-0.4, -0.2) is 22.4 Å². The molecule has 0 spiro atoms. The standard InChI is InChI=1S/C30H52O2/c1-19-24(32)20(31)17-22-27(19,5)10-9-21-28(22,6)14-16-30(8)23-18-25(2,3)11-12-26(23,4)13-15-29(21,30)7/h19-24,31-32H,9-18H2,1-8H3/t19-,20+,21-,22+,23+,24-,26+,27+,28+,29+,30-/m0/s1. The Hall–Kier alpha value is -0.0800. The van der Waals surface area contributed by atoms with Gasteiger partial charge in [-0.15, -0.1) is 0 Å². The first-order chi connectivity index (χ1) is 14.6. The maximum Gasteiger partial charge on any atom is 0.0829 e. The molecule has 0 amide bonds. The Labute approximate surface area is 198 Å². The predicted octanol–water partition coefficient (Wildman–Crippen LogP) is 7.22. The van der Waals surface area contributed by atoms with Crippen molar-refractivity contribution >= 4 is 0 Å². The van der Waals surface area contributed by atoms with E-state index in [-0.39, 0.29) is 16.7 Å². The van der Waals surface area contributed by atoms with Gasteiger partial charge in [0.15, 0.2) is 0 Å². The molecule has 0 saturated heterocycles. The molecule has 5 saturated carbocycles. The number of aliphatic hydroxyl groups is 2. The van der Waals surface area contributed by atoms with E-state index in [0.29, 0.717) is 27.6 Å². The van der Waals surface area contributed by atoms with Crippen LogP contribution in [0.1, 0.15) is 120 Å². The molecule has 0 radical (unpaired) electrons. The van der Waals surface area contributed by atoms with Gasteiger partial charge in [-0.25, -0.2) is 0 Å². The van der Waals surface area contributed by atoms with Crippen LogP contribution < -0.4 is 0 Å². The summed E-state index contributed by atoms with van der Waals surface area (Å²) < 4.78 is 0. The minimum absolute atomic E-state index is 0.157. The van der Waals surface area contributed by atoms with Crippen molar-refractivity contribution in [1.82, 2.24) is 0 Å². The SMILES string of the molecule is C[C@H]1[C@H](O)[C@H](O)C[C@@H]2[C@]1(C)CC[C@H]1[C@@]2(C)CC[C@@]2(C)[C@@H]3CC(C)(C)CC[C@]3(C)CC[C@]12C. The molecule has 0 aromatic heterocycles. The maximum atomic E-state index is 10.8. The van der Waals surface area contributed by atoms with E-state index in [1.54, 1.807) is 0 Å². The van der Waals surface area contributed by atoms with Crippen molar-refractivity contribution in [2.24, 2.45) is 56.2 Å². The van der Waals surface area contributed by atoms with Crippen LogP contribution in [0, 0.1) is 56.2 Å². The second-order valence-corrected chi connectivity index (χ2v) is 15.6. The highest BCUT2D eigenvalue weighted by molar-refractivity contribution is 5.20. The summed E-state index contributed by atoms with van der Waals surface area (Å²) in [6.07, 6.45) is 11.9. The zero-order chi connectivity index (χ0) is 23.5. The van der Waals surface area contributed by atoms with Gasteiger partial charge >= 0.3 is 0 Å². The first-order valence-electron chi connectivity index (χ1n) is 14.0. The van der Waals surface area contributed by atoms with E-state index in [4.69, 9.17) is 0 Å². The molecule has 5 fully saturated rings. The molecule has 0 aliphatic heterocycles. The van der Waals surface area contributed by atoms with Gasteiger partial charge in [0.05, 0.1) is 12.2 Å². The van der Waals surface area contributed by atoms with Crippen molar-refractivity contribution in [3.05, 3.63) is 0 Å². The normalized spacial score (nSPS) is 61.7. The number of fused-ring (bicyclic) bond motifs is 7. The molecule has 2 heteroatoms. The molecule has 5 aliphatic rings. The fourth-order valence-electron chi connectivity index (χ4n) is 11.3. The molecule has 2 N–H and O–H groups in total. The summed E-state index contributed by atoms with van der Waals surface area (Å²) in [5, 5.41) is 21.6. The lowest BCUT2D eigenvalue weighted by Gasteiger charge is -2.75. The Balaban J connectivity index is 1.55. The van der Waals surface area contributed by atoms with Gasteiger partial charge in [0.2, 0.25) is 0 Å². The highest BCUT2D eigenvalue weighted by Gasteiger charge is 2.71. The quantitative estimate of drug-likeness (QED) is 0.414. The van der Waals surface area contributed by atoms with Gasteiger partial charge in [-0.05, 0) is 120 Å². The average molecular weight is 445 g/mol. The van der Waals surface area contributed by atoms with Crippen molar-refractivity contribution in [3.63, 3.8) is 0 Å².